The number of alkyl halides is 1. The minimum absolute atomic E-state index is 0.0441. The molecule has 0 saturated heterocycles. The molecule has 2 atom stereocenters. The number of aliphatic hydroxyl groups excluding tert-OH is 1. The Morgan fingerprint density at radius 3 is 2.22 bits per heavy atom. The predicted molar refractivity (Wildman–Crippen MR) is 183 cm³/mol. The summed E-state index contributed by atoms with van der Waals surface area (Å²) in [4.78, 5) is 41.4. The zero-order valence-electron chi connectivity index (χ0n) is 26.2. The number of hydrogen-bond acceptors (Lipinski definition) is 7. The van der Waals surface area contributed by atoms with E-state index in [1.54, 1.807) is 40.1 Å². The number of carbonyl (C=O) groups is 3. The molecular formula is C32H45Cl2N3O6S2. The maximum Gasteiger partial charge on any atom is 0.264 e. The number of aliphatic hydroxyl groups is 1. The highest BCUT2D eigenvalue weighted by atomic mass is 35.5. The van der Waals surface area contributed by atoms with Crippen molar-refractivity contribution in [1.29, 1.82) is 0 Å². The second-order valence-corrected chi connectivity index (χ2v) is 14.1. The first-order chi connectivity index (χ1) is 21.3. The molecule has 2 N–H and O–H groups in total. The molecule has 0 heterocycles. The molecule has 0 aliphatic heterocycles. The Kier molecular flexibility index (Phi) is 16.7. The van der Waals surface area contributed by atoms with Crippen molar-refractivity contribution < 1.29 is 27.9 Å². The van der Waals surface area contributed by atoms with E-state index in [9.17, 15) is 27.9 Å². The van der Waals surface area contributed by atoms with Crippen molar-refractivity contribution >= 4 is 63.6 Å². The molecule has 0 unspecified atom stereocenters. The van der Waals surface area contributed by atoms with Crippen molar-refractivity contribution in [1.82, 2.24) is 14.5 Å². The fraction of sp³-hybridized carbons (Fsp3) is 0.531. The third-order valence-electron chi connectivity index (χ3n) is 7.19. The molecule has 0 aliphatic rings. The molecule has 9 nitrogen and oxygen atoms in total. The predicted octanol–water partition coefficient (Wildman–Crippen LogP) is 5.66. The van der Waals surface area contributed by atoms with Crippen LogP contribution in [-0.2, 0) is 31.0 Å². The van der Waals surface area contributed by atoms with Crippen LogP contribution in [0.1, 0.15) is 71.3 Å². The summed E-state index contributed by atoms with van der Waals surface area (Å²) < 4.78 is 27.9. The Labute approximate surface area is 283 Å². The van der Waals surface area contributed by atoms with E-state index in [1.807, 2.05) is 11.6 Å². The standard InChI is InChI=1S/C32H45Cl2N3O6S2/c1-4-6-10-25(33)22-37(31(40)16-19-44)18-17-36(30(39)13-7-5-2)21-24-14-15-26(28(34)20-24)27-11-8-9-12-29(27)45(42,43)35-32(41)23(3)38/h8-9,11-12,14-15,20,23,25,38,44H,4-7,10,13,16-19,21-22H2,1-3H3,(H,35,41)/t23-,25-/m0/s1. The highest BCUT2D eigenvalue weighted by Crippen LogP contribution is 2.34. The first-order valence-corrected chi connectivity index (χ1v) is 18.2. The number of hydrogen-bond donors (Lipinski definition) is 3. The number of nitrogens with one attached hydrogen (secondary N) is 1. The van der Waals surface area contributed by atoms with Crippen molar-refractivity contribution in [2.45, 2.75) is 88.6 Å². The van der Waals surface area contributed by atoms with Crippen LogP contribution in [0, 0.1) is 0 Å². The second-order valence-electron chi connectivity index (χ2n) is 10.9. The molecule has 2 aromatic carbocycles. The summed E-state index contributed by atoms with van der Waals surface area (Å²) in [5.74, 6) is -0.734. The van der Waals surface area contributed by atoms with Gasteiger partial charge in [-0.05, 0) is 43.2 Å². The average molecular weight is 703 g/mol. The first-order valence-electron chi connectivity index (χ1n) is 15.3. The molecule has 0 radical (unpaired) electrons. The van der Waals surface area contributed by atoms with Gasteiger partial charge in [0.25, 0.3) is 15.9 Å². The van der Waals surface area contributed by atoms with Crippen LogP contribution in [0.5, 0.6) is 0 Å². The summed E-state index contributed by atoms with van der Waals surface area (Å²) in [5.41, 5.74) is 1.41. The van der Waals surface area contributed by atoms with Gasteiger partial charge in [-0.25, -0.2) is 13.1 Å². The van der Waals surface area contributed by atoms with Gasteiger partial charge >= 0.3 is 0 Å². The SMILES string of the molecule is CCCCC(=O)N(CCN(C[C@@H](Cl)CCCC)C(=O)CCS)Cc1ccc(-c2ccccc2S(=O)(=O)NC(=O)[C@H](C)O)c(Cl)c1. The summed E-state index contributed by atoms with van der Waals surface area (Å²) in [5, 5.41) is 9.56. The number of rotatable bonds is 19. The normalized spacial score (nSPS) is 12.8. The Morgan fingerprint density at radius 1 is 0.956 bits per heavy atom. The van der Waals surface area contributed by atoms with E-state index in [0.29, 0.717) is 37.4 Å². The summed E-state index contributed by atoms with van der Waals surface area (Å²) >= 11 is 17.5. The van der Waals surface area contributed by atoms with Crippen molar-refractivity contribution in [2.24, 2.45) is 0 Å². The monoisotopic (exact) mass is 701 g/mol. The molecule has 0 saturated carbocycles. The quantitative estimate of drug-likeness (QED) is 0.128. The highest BCUT2D eigenvalue weighted by molar-refractivity contribution is 7.90. The minimum Gasteiger partial charge on any atom is -0.384 e. The van der Waals surface area contributed by atoms with E-state index in [0.717, 1.165) is 37.7 Å². The van der Waals surface area contributed by atoms with Gasteiger partial charge in [-0.1, -0.05) is 75.0 Å². The third-order valence-corrected chi connectivity index (χ3v) is 9.49. The third kappa shape index (κ3) is 12.4. The zero-order chi connectivity index (χ0) is 33.6. The van der Waals surface area contributed by atoms with Gasteiger partial charge in [0.05, 0.1) is 10.3 Å². The number of halogens is 2. The smallest absolute Gasteiger partial charge is 0.264 e. The van der Waals surface area contributed by atoms with Crippen LogP contribution in [0.4, 0.5) is 0 Å². The molecule has 0 aromatic heterocycles. The van der Waals surface area contributed by atoms with E-state index in [-0.39, 0.29) is 45.6 Å². The number of thiol groups is 1. The second kappa shape index (κ2) is 19.4. The molecule has 0 bridgehead atoms. The van der Waals surface area contributed by atoms with Crippen molar-refractivity contribution in [3.05, 3.63) is 53.1 Å². The minimum atomic E-state index is -4.31. The van der Waals surface area contributed by atoms with Crippen LogP contribution in [0.2, 0.25) is 5.02 Å². The lowest BCUT2D eigenvalue weighted by Gasteiger charge is -2.30. The maximum atomic E-state index is 13.3. The Hall–Kier alpha value is -2.31. The zero-order valence-corrected chi connectivity index (χ0v) is 29.4. The molecule has 2 rings (SSSR count). The highest BCUT2D eigenvalue weighted by Gasteiger charge is 2.25. The van der Waals surface area contributed by atoms with E-state index in [1.165, 1.54) is 19.1 Å². The van der Waals surface area contributed by atoms with Gasteiger partial charge in [-0.15, -0.1) is 11.6 Å². The van der Waals surface area contributed by atoms with Crippen LogP contribution < -0.4 is 4.72 Å². The molecule has 0 aliphatic carbocycles. The van der Waals surface area contributed by atoms with Crippen LogP contribution in [0.15, 0.2) is 47.4 Å². The molecule has 0 fully saturated rings. The van der Waals surface area contributed by atoms with Crippen molar-refractivity contribution in [3.8, 4) is 11.1 Å². The van der Waals surface area contributed by atoms with Crippen molar-refractivity contribution in [3.63, 3.8) is 0 Å². The topological polar surface area (TPSA) is 124 Å². The lowest BCUT2D eigenvalue weighted by atomic mass is 10.0. The molecule has 2 aromatic rings. The van der Waals surface area contributed by atoms with Crippen LogP contribution in [-0.4, -0.2) is 77.9 Å². The number of unbranched alkanes of at least 4 members (excludes halogenated alkanes) is 2. The van der Waals surface area contributed by atoms with Gasteiger partial charge in [-0.3, -0.25) is 14.4 Å². The number of nitrogens with zero attached hydrogens (tertiary/aromatic N) is 2. The number of benzene rings is 2. The summed E-state index contributed by atoms with van der Waals surface area (Å²) in [7, 11) is -4.31. The average Bonchev–Trinajstić information content (AvgIpc) is 3.00. The number of amides is 3. The Morgan fingerprint density at radius 2 is 1.60 bits per heavy atom. The Balaban J connectivity index is 2.34. The summed E-state index contributed by atoms with van der Waals surface area (Å²) in [6.07, 6.45) is 3.50. The molecule has 45 heavy (non-hydrogen) atoms. The van der Waals surface area contributed by atoms with E-state index in [2.05, 4.69) is 19.6 Å². The Bertz CT molecular complexity index is 1390. The summed E-state index contributed by atoms with van der Waals surface area (Å²) in [6.45, 7) is 6.54. The fourth-order valence-corrected chi connectivity index (χ4v) is 6.73. The molecular weight excluding hydrogens is 657 g/mol. The van der Waals surface area contributed by atoms with E-state index in [4.69, 9.17) is 23.2 Å². The molecule has 0 spiro atoms. The fourth-order valence-electron chi connectivity index (χ4n) is 4.64. The number of sulfonamides is 1. The number of carbonyl (C=O) groups excluding carboxylic acids is 3. The molecule has 13 heteroatoms. The van der Waals surface area contributed by atoms with Crippen LogP contribution >= 0.6 is 35.8 Å². The van der Waals surface area contributed by atoms with E-state index < -0.39 is 22.0 Å². The van der Waals surface area contributed by atoms with Gasteiger partial charge in [0.1, 0.15) is 6.10 Å². The lowest BCUT2D eigenvalue weighted by molar-refractivity contribution is -0.135. The molecule has 3 amide bonds. The summed E-state index contributed by atoms with van der Waals surface area (Å²) in [6, 6.07) is 11.2. The largest absolute Gasteiger partial charge is 0.384 e. The van der Waals surface area contributed by atoms with Gasteiger partial charge < -0.3 is 14.9 Å². The van der Waals surface area contributed by atoms with Crippen LogP contribution in [0.25, 0.3) is 11.1 Å². The lowest BCUT2D eigenvalue weighted by Crippen LogP contribution is -2.43. The van der Waals surface area contributed by atoms with Crippen LogP contribution in [0.3, 0.4) is 0 Å². The first kappa shape index (κ1) is 38.9. The van der Waals surface area contributed by atoms with Crippen molar-refractivity contribution in [2.75, 3.05) is 25.4 Å². The van der Waals surface area contributed by atoms with E-state index >= 15 is 0 Å². The van der Waals surface area contributed by atoms with Gasteiger partial charge in [0, 0.05) is 55.2 Å². The van der Waals surface area contributed by atoms with Gasteiger partial charge in [-0.2, -0.15) is 12.6 Å². The van der Waals surface area contributed by atoms with Gasteiger partial charge in [0.2, 0.25) is 11.8 Å². The van der Waals surface area contributed by atoms with Gasteiger partial charge in [0.15, 0.2) is 0 Å². The maximum absolute atomic E-state index is 13.3. The molecule has 250 valence electrons.